The number of morpholine rings is 1. The standard InChI is InChI=1S/C12H15NO/c1-2-4-10(5-3-1)12-7-6-11(8-14-12)13-9-12/h1-5,11,13H,6-9H2. The van der Waals surface area contributed by atoms with Crippen molar-refractivity contribution in [3.63, 3.8) is 0 Å². The molecule has 2 heteroatoms. The van der Waals surface area contributed by atoms with Gasteiger partial charge in [-0.2, -0.15) is 0 Å². The molecule has 3 aliphatic rings. The molecule has 0 saturated carbocycles. The van der Waals surface area contributed by atoms with Crippen LogP contribution < -0.4 is 5.32 Å². The molecule has 2 nitrogen and oxygen atoms in total. The van der Waals surface area contributed by atoms with Crippen molar-refractivity contribution in [1.29, 1.82) is 0 Å². The Balaban J connectivity index is 1.96. The number of rotatable bonds is 1. The van der Waals surface area contributed by atoms with Crippen molar-refractivity contribution in [2.75, 3.05) is 13.2 Å². The number of fused-ring (bicyclic) bond motifs is 3. The molecule has 2 atom stereocenters. The van der Waals surface area contributed by atoms with Gasteiger partial charge in [0.15, 0.2) is 0 Å². The Labute approximate surface area is 84.3 Å². The molecule has 3 heterocycles. The fourth-order valence-electron chi connectivity index (χ4n) is 2.50. The smallest absolute Gasteiger partial charge is 0.106 e. The van der Waals surface area contributed by atoms with Crippen molar-refractivity contribution in [1.82, 2.24) is 5.32 Å². The van der Waals surface area contributed by atoms with Gasteiger partial charge in [0.05, 0.1) is 6.61 Å². The van der Waals surface area contributed by atoms with Gasteiger partial charge in [0.25, 0.3) is 0 Å². The zero-order valence-electron chi connectivity index (χ0n) is 8.20. The van der Waals surface area contributed by atoms with Crippen molar-refractivity contribution in [2.24, 2.45) is 0 Å². The predicted octanol–water partition coefficient (Wildman–Crippen LogP) is 1.66. The highest BCUT2D eigenvalue weighted by Gasteiger charge is 2.42. The highest BCUT2D eigenvalue weighted by Crippen LogP contribution is 2.38. The third-order valence-corrected chi connectivity index (χ3v) is 3.43. The lowest BCUT2D eigenvalue weighted by atomic mass is 9.82. The highest BCUT2D eigenvalue weighted by atomic mass is 16.5. The molecule has 3 saturated heterocycles. The SMILES string of the molecule is c1ccc(C23CCC(CO2)NC3)cc1. The van der Waals surface area contributed by atoms with Gasteiger partial charge in [-0.25, -0.2) is 0 Å². The maximum absolute atomic E-state index is 5.99. The van der Waals surface area contributed by atoms with Crippen LogP contribution in [0.3, 0.4) is 0 Å². The minimum Gasteiger partial charge on any atom is -0.367 e. The summed E-state index contributed by atoms with van der Waals surface area (Å²) in [7, 11) is 0. The van der Waals surface area contributed by atoms with E-state index in [1.165, 1.54) is 12.0 Å². The first kappa shape index (κ1) is 8.45. The summed E-state index contributed by atoms with van der Waals surface area (Å²) in [5.74, 6) is 0. The van der Waals surface area contributed by atoms with Crippen molar-refractivity contribution in [2.45, 2.75) is 24.5 Å². The molecular formula is C12H15NO. The Morgan fingerprint density at radius 2 is 2.14 bits per heavy atom. The van der Waals surface area contributed by atoms with Crippen LogP contribution in [-0.4, -0.2) is 19.2 Å². The molecule has 0 aromatic heterocycles. The van der Waals surface area contributed by atoms with E-state index in [1.807, 2.05) is 0 Å². The van der Waals surface area contributed by atoms with Crippen LogP contribution in [0.4, 0.5) is 0 Å². The molecule has 1 aromatic rings. The van der Waals surface area contributed by atoms with Crippen molar-refractivity contribution >= 4 is 0 Å². The van der Waals surface area contributed by atoms with E-state index in [1.54, 1.807) is 0 Å². The lowest BCUT2D eigenvalue weighted by Gasteiger charge is -2.47. The second-order valence-electron chi connectivity index (χ2n) is 4.29. The Kier molecular flexibility index (Phi) is 1.85. The molecule has 74 valence electrons. The molecule has 1 aromatic carbocycles. The highest BCUT2D eigenvalue weighted by molar-refractivity contribution is 5.25. The van der Waals surface area contributed by atoms with Gasteiger partial charge in [-0.05, 0) is 18.4 Å². The van der Waals surface area contributed by atoms with Gasteiger partial charge >= 0.3 is 0 Å². The predicted molar refractivity (Wildman–Crippen MR) is 55.1 cm³/mol. The van der Waals surface area contributed by atoms with Crippen molar-refractivity contribution < 1.29 is 4.74 Å². The first-order valence-electron chi connectivity index (χ1n) is 5.32. The van der Waals surface area contributed by atoms with Gasteiger partial charge in [0.1, 0.15) is 5.60 Å². The number of hydrogen-bond donors (Lipinski definition) is 1. The quantitative estimate of drug-likeness (QED) is 0.725. The largest absolute Gasteiger partial charge is 0.367 e. The molecule has 14 heavy (non-hydrogen) atoms. The van der Waals surface area contributed by atoms with Crippen LogP contribution in [0.15, 0.2) is 30.3 Å². The topological polar surface area (TPSA) is 21.3 Å². The number of ether oxygens (including phenoxy) is 1. The van der Waals surface area contributed by atoms with Crippen molar-refractivity contribution in [3.8, 4) is 0 Å². The van der Waals surface area contributed by atoms with E-state index < -0.39 is 0 Å². The number of piperidine rings is 1. The minimum atomic E-state index is -0.0317. The molecule has 0 spiro atoms. The Hall–Kier alpha value is -0.860. The third kappa shape index (κ3) is 1.18. The number of benzene rings is 1. The molecule has 2 bridgehead atoms. The van der Waals surface area contributed by atoms with Crippen LogP contribution in [0, 0.1) is 0 Å². The summed E-state index contributed by atoms with van der Waals surface area (Å²) in [4.78, 5) is 0. The second-order valence-corrected chi connectivity index (χ2v) is 4.29. The van der Waals surface area contributed by atoms with Gasteiger partial charge in [-0.1, -0.05) is 30.3 Å². The van der Waals surface area contributed by atoms with E-state index in [-0.39, 0.29) is 5.60 Å². The lowest BCUT2D eigenvalue weighted by molar-refractivity contribution is -0.129. The zero-order valence-corrected chi connectivity index (χ0v) is 8.20. The lowest BCUT2D eigenvalue weighted by Crippen LogP contribution is -2.57. The summed E-state index contributed by atoms with van der Waals surface area (Å²) in [5, 5.41) is 3.53. The summed E-state index contributed by atoms with van der Waals surface area (Å²) < 4.78 is 5.99. The van der Waals surface area contributed by atoms with Crippen LogP contribution in [0.25, 0.3) is 0 Å². The average Bonchev–Trinajstić information content (AvgIpc) is 2.33. The molecular weight excluding hydrogens is 174 g/mol. The maximum atomic E-state index is 5.99. The molecule has 0 radical (unpaired) electrons. The summed E-state index contributed by atoms with van der Waals surface area (Å²) >= 11 is 0. The molecule has 3 fully saturated rings. The normalized spacial score (nSPS) is 35.9. The monoisotopic (exact) mass is 189 g/mol. The van der Waals surface area contributed by atoms with Crippen LogP contribution in [0.5, 0.6) is 0 Å². The zero-order chi connectivity index (χ0) is 9.43. The molecule has 0 amide bonds. The van der Waals surface area contributed by atoms with E-state index in [0.29, 0.717) is 6.04 Å². The van der Waals surface area contributed by atoms with Crippen molar-refractivity contribution in [3.05, 3.63) is 35.9 Å². The molecule has 2 unspecified atom stereocenters. The second kappa shape index (κ2) is 3.07. The summed E-state index contributed by atoms with van der Waals surface area (Å²) in [5.41, 5.74) is 1.29. The van der Waals surface area contributed by atoms with Gasteiger partial charge < -0.3 is 10.1 Å². The molecule has 4 rings (SSSR count). The van der Waals surface area contributed by atoms with Crippen LogP contribution >= 0.6 is 0 Å². The van der Waals surface area contributed by atoms with Crippen LogP contribution in [-0.2, 0) is 10.3 Å². The van der Waals surface area contributed by atoms with E-state index >= 15 is 0 Å². The average molecular weight is 189 g/mol. The molecule has 0 aliphatic carbocycles. The van der Waals surface area contributed by atoms with E-state index in [4.69, 9.17) is 4.74 Å². The van der Waals surface area contributed by atoms with Crippen LogP contribution in [0.2, 0.25) is 0 Å². The molecule has 1 N–H and O–H groups in total. The van der Waals surface area contributed by atoms with E-state index in [0.717, 1.165) is 19.6 Å². The van der Waals surface area contributed by atoms with Gasteiger partial charge in [-0.15, -0.1) is 0 Å². The Morgan fingerprint density at radius 3 is 2.71 bits per heavy atom. The third-order valence-electron chi connectivity index (χ3n) is 3.43. The fraction of sp³-hybridized carbons (Fsp3) is 0.500. The minimum absolute atomic E-state index is 0.0317. The first-order chi connectivity index (χ1) is 6.89. The van der Waals surface area contributed by atoms with E-state index in [9.17, 15) is 0 Å². The fourth-order valence-corrected chi connectivity index (χ4v) is 2.50. The van der Waals surface area contributed by atoms with E-state index in [2.05, 4.69) is 35.6 Å². The Bertz CT molecular complexity index is 301. The maximum Gasteiger partial charge on any atom is 0.106 e. The molecule has 3 aliphatic heterocycles. The van der Waals surface area contributed by atoms with Gasteiger partial charge in [0, 0.05) is 12.6 Å². The Morgan fingerprint density at radius 1 is 1.29 bits per heavy atom. The summed E-state index contributed by atoms with van der Waals surface area (Å²) in [6, 6.07) is 11.2. The van der Waals surface area contributed by atoms with Gasteiger partial charge in [0.2, 0.25) is 0 Å². The first-order valence-corrected chi connectivity index (χ1v) is 5.32. The summed E-state index contributed by atoms with van der Waals surface area (Å²) in [6.07, 6.45) is 2.41. The summed E-state index contributed by atoms with van der Waals surface area (Å²) in [6.45, 7) is 1.84. The number of nitrogens with one attached hydrogen (secondary N) is 1. The number of hydrogen-bond acceptors (Lipinski definition) is 2. The van der Waals surface area contributed by atoms with Gasteiger partial charge in [-0.3, -0.25) is 0 Å². The van der Waals surface area contributed by atoms with Crippen LogP contribution in [0.1, 0.15) is 18.4 Å².